The molecule has 1 rings (SSSR count). The summed E-state index contributed by atoms with van der Waals surface area (Å²) in [5, 5.41) is 9.38. The van der Waals surface area contributed by atoms with Gasteiger partial charge in [-0.2, -0.15) is 11.8 Å². The summed E-state index contributed by atoms with van der Waals surface area (Å²) in [4.78, 5) is 2.41. The van der Waals surface area contributed by atoms with Crippen molar-refractivity contribution in [2.75, 3.05) is 39.7 Å². The van der Waals surface area contributed by atoms with E-state index in [1.165, 1.54) is 19.3 Å². The predicted molar refractivity (Wildman–Crippen MR) is 65.5 cm³/mol. The van der Waals surface area contributed by atoms with Crippen molar-refractivity contribution in [2.24, 2.45) is 0 Å². The van der Waals surface area contributed by atoms with Crippen LogP contribution in [0.25, 0.3) is 0 Å². The van der Waals surface area contributed by atoms with Crippen LogP contribution in [0.1, 0.15) is 19.3 Å². The van der Waals surface area contributed by atoms with Crippen molar-refractivity contribution in [2.45, 2.75) is 30.6 Å². The second kappa shape index (κ2) is 7.49. The smallest absolute Gasteiger partial charge is 0.0698 e. The van der Waals surface area contributed by atoms with Crippen LogP contribution in [0.3, 0.4) is 0 Å². The van der Waals surface area contributed by atoms with E-state index in [-0.39, 0.29) is 6.61 Å². The fraction of sp³-hybridized carbons (Fsp3) is 1.00. The van der Waals surface area contributed by atoms with Crippen molar-refractivity contribution >= 4 is 11.8 Å². The Morgan fingerprint density at radius 1 is 1.40 bits per heavy atom. The van der Waals surface area contributed by atoms with Gasteiger partial charge in [0.2, 0.25) is 0 Å². The van der Waals surface area contributed by atoms with Gasteiger partial charge in [-0.25, -0.2) is 0 Å². The van der Waals surface area contributed by atoms with Crippen molar-refractivity contribution in [3.05, 3.63) is 0 Å². The number of hydrogen-bond donors (Lipinski definition) is 1. The minimum absolute atomic E-state index is 0.126. The van der Waals surface area contributed by atoms with Crippen molar-refractivity contribution in [3.8, 4) is 0 Å². The van der Waals surface area contributed by atoms with Crippen molar-refractivity contribution in [1.82, 2.24) is 4.90 Å². The monoisotopic (exact) mass is 233 g/mol. The van der Waals surface area contributed by atoms with E-state index in [4.69, 9.17) is 9.84 Å². The maximum absolute atomic E-state index is 8.58. The fourth-order valence-electron chi connectivity index (χ4n) is 2.23. The van der Waals surface area contributed by atoms with E-state index < -0.39 is 0 Å². The van der Waals surface area contributed by atoms with Crippen LogP contribution in [0.4, 0.5) is 0 Å². The van der Waals surface area contributed by atoms with Crippen LogP contribution in [-0.2, 0) is 4.74 Å². The van der Waals surface area contributed by atoms with E-state index >= 15 is 0 Å². The van der Waals surface area contributed by atoms with E-state index in [1.54, 1.807) is 0 Å². The highest BCUT2D eigenvalue weighted by molar-refractivity contribution is 7.99. The summed E-state index contributed by atoms with van der Waals surface area (Å²) >= 11 is 1.99. The van der Waals surface area contributed by atoms with Gasteiger partial charge in [-0.05, 0) is 26.1 Å². The number of thioether (sulfide) groups is 1. The zero-order valence-corrected chi connectivity index (χ0v) is 10.6. The molecule has 0 radical (unpaired) electrons. The average molecular weight is 233 g/mol. The Labute approximate surface area is 97.2 Å². The minimum atomic E-state index is 0.126. The third kappa shape index (κ3) is 4.31. The summed E-state index contributed by atoms with van der Waals surface area (Å²) < 4.78 is 5.28. The number of nitrogens with zero attached hydrogens (tertiary/aromatic N) is 1. The first-order chi connectivity index (χ1) is 7.29. The number of aliphatic hydroxyl groups is 1. The molecule has 0 aromatic rings. The van der Waals surface area contributed by atoms with Gasteiger partial charge in [-0.1, -0.05) is 6.42 Å². The maximum Gasteiger partial charge on any atom is 0.0698 e. The highest BCUT2D eigenvalue weighted by Gasteiger charge is 2.29. The molecule has 4 heteroatoms. The average Bonchev–Trinajstić information content (AvgIpc) is 2.72. The zero-order chi connectivity index (χ0) is 11.1. The first kappa shape index (κ1) is 13.3. The second-order valence-corrected chi connectivity index (χ2v) is 5.17. The molecule has 0 aromatic carbocycles. The van der Waals surface area contributed by atoms with E-state index in [0.717, 1.165) is 24.4 Å². The normalized spacial score (nSPS) is 26.4. The van der Waals surface area contributed by atoms with Gasteiger partial charge >= 0.3 is 0 Å². The van der Waals surface area contributed by atoms with Gasteiger partial charge in [0.05, 0.1) is 19.8 Å². The molecule has 1 fully saturated rings. The van der Waals surface area contributed by atoms with Gasteiger partial charge in [-0.3, -0.25) is 0 Å². The second-order valence-electron chi connectivity index (χ2n) is 4.09. The molecule has 1 aliphatic carbocycles. The Morgan fingerprint density at radius 3 is 2.87 bits per heavy atom. The lowest BCUT2D eigenvalue weighted by atomic mass is 10.2. The molecule has 0 spiro atoms. The Balaban J connectivity index is 2.17. The van der Waals surface area contributed by atoms with Crippen molar-refractivity contribution in [1.29, 1.82) is 0 Å². The van der Waals surface area contributed by atoms with Gasteiger partial charge in [0.25, 0.3) is 0 Å². The molecule has 90 valence electrons. The molecule has 0 saturated heterocycles. The van der Waals surface area contributed by atoms with Gasteiger partial charge < -0.3 is 14.7 Å². The Morgan fingerprint density at radius 2 is 2.20 bits per heavy atom. The predicted octanol–water partition coefficient (Wildman–Crippen LogP) is 1.21. The SMILES string of the molecule is CS[C@H]1CCC[C@@H]1N(C)CCOCCO. The number of rotatable bonds is 7. The summed E-state index contributed by atoms with van der Waals surface area (Å²) in [6.45, 7) is 2.29. The summed E-state index contributed by atoms with van der Waals surface area (Å²) in [7, 11) is 2.18. The Kier molecular flexibility index (Phi) is 6.64. The van der Waals surface area contributed by atoms with Crippen LogP contribution in [0.2, 0.25) is 0 Å². The Hall–Kier alpha value is 0.230. The lowest BCUT2D eigenvalue weighted by molar-refractivity contribution is 0.0714. The molecule has 0 aliphatic heterocycles. The third-order valence-corrected chi connectivity index (χ3v) is 4.27. The van der Waals surface area contributed by atoms with E-state index in [1.807, 2.05) is 11.8 Å². The molecule has 0 amide bonds. The van der Waals surface area contributed by atoms with Crippen LogP contribution in [0.15, 0.2) is 0 Å². The summed E-state index contributed by atoms with van der Waals surface area (Å²) in [6.07, 6.45) is 6.24. The number of ether oxygens (including phenoxy) is 1. The van der Waals surface area contributed by atoms with Gasteiger partial charge in [0.1, 0.15) is 0 Å². The summed E-state index contributed by atoms with van der Waals surface area (Å²) in [6, 6.07) is 0.720. The Bertz CT molecular complexity index is 169. The van der Waals surface area contributed by atoms with Gasteiger partial charge in [0, 0.05) is 17.8 Å². The third-order valence-electron chi connectivity index (χ3n) is 3.11. The van der Waals surface area contributed by atoms with Gasteiger partial charge in [-0.15, -0.1) is 0 Å². The highest BCUT2D eigenvalue weighted by atomic mass is 32.2. The molecule has 3 nitrogen and oxygen atoms in total. The molecular weight excluding hydrogens is 210 g/mol. The molecule has 2 atom stereocenters. The van der Waals surface area contributed by atoms with E-state index in [0.29, 0.717) is 6.61 Å². The molecule has 1 saturated carbocycles. The number of hydrogen-bond acceptors (Lipinski definition) is 4. The van der Waals surface area contributed by atoms with Crippen LogP contribution in [0, 0.1) is 0 Å². The van der Waals surface area contributed by atoms with Crippen molar-refractivity contribution < 1.29 is 9.84 Å². The first-order valence-electron chi connectivity index (χ1n) is 5.71. The van der Waals surface area contributed by atoms with Crippen molar-refractivity contribution in [3.63, 3.8) is 0 Å². The highest BCUT2D eigenvalue weighted by Crippen LogP contribution is 2.31. The lowest BCUT2D eigenvalue weighted by Crippen LogP contribution is -2.38. The molecule has 1 aliphatic rings. The molecule has 0 aromatic heterocycles. The maximum atomic E-state index is 8.58. The zero-order valence-electron chi connectivity index (χ0n) is 9.82. The van der Waals surface area contributed by atoms with E-state index in [2.05, 4.69) is 18.2 Å². The van der Waals surface area contributed by atoms with Gasteiger partial charge in [0.15, 0.2) is 0 Å². The molecule has 0 heterocycles. The van der Waals surface area contributed by atoms with Crippen LogP contribution < -0.4 is 0 Å². The number of aliphatic hydroxyl groups excluding tert-OH is 1. The standard InChI is InChI=1S/C11H23NO2S/c1-12(6-8-14-9-7-13)10-4-3-5-11(10)15-2/h10-11,13H,3-9H2,1-2H3/t10-,11-/m0/s1. The summed E-state index contributed by atoms with van der Waals surface area (Å²) in [5.74, 6) is 0. The molecule has 1 N–H and O–H groups in total. The minimum Gasteiger partial charge on any atom is -0.394 e. The number of likely N-dealkylation sites (N-methyl/N-ethyl adjacent to an activating group) is 1. The molecule has 15 heavy (non-hydrogen) atoms. The lowest BCUT2D eigenvalue weighted by Gasteiger charge is -2.28. The van der Waals surface area contributed by atoms with Crippen LogP contribution >= 0.6 is 11.8 Å². The molecule has 0 unspecified atom stereocenters. The quantitative estimate of drug-likeness (QED) is 0.670. The van der Waals surface area contributed by atoms with Crippen LogP contribution in [-0.4, -0.2) is 61.0 Å². The van der Waals surface area contributed by atoms with E-state index in [9.17, 15) is 0 Å². The molecule has 0 bridgehead atoms. The summed E-state index contributed by atoms with van der Waals surface area (Å²) in [5.41, 5.74) is 0. The first-order valence-corrected chi connectivity index (χ1v) is 7.00. The topological polar surface area (TPSA) is 32.7 Å². The largest absolute Gasteiger partial charge is 0.394 e. The fourth-order valence-corrected chi connectivity index (χ4v) is 3.29. The van der Waals surface area contributed by atoms with Crippen LogP contribution in [0.5, 0.6) is 0 Å². The molecular formula is C11H23NO2S.